The van der Waals surface area contributed by atoms with Crippen molar-refractivity contribution in [3.8, 4) is 0 Å². The van der Waals surface area contributed by atoms with Crippen LogP contribution in [0.5, 0.6) is 0 Å². The summed E-state index contributed by atoms with van der Waals surface area (Å²) in [6.45, 7) is 3.58. The Balaban J connectivity index is 2.02. The third-order valence-electron chi connectivity index (χ3n) is 2.70. The van der Waals surface area contributed by atoms with Crippen LogP contribution in [0.25, 0.3) is 0 Å². The summed E-state index contributed by atoms with van der Waals surface area (Å²) in [6, 6.07) is 5.05. The van der Waals surface area contributed by atoms with E-state index in [-0.39, 0.29) is 11.7 Å². The number of aromatic nitrogens is 3. The van der Waals surface area contributed by atoms with E-state index in [1.54, 1.807) is 25.1 Å². The van der Waals surface area contributed by atoms with Crippen LogP contribution in [-0.2, 0) is 6.54 Å². The molecule has 2 heterocycles. The van der Waals surface area contributed by atoms with E-state index in [0.717, 1.165) is 0 Å². The van der Waals surface area contributed by atoms with Gasteiger partial charge >= 0.3 is 0 Å². The quantitative estimate of drug-likeness (QED) is 0.808. The number of ketones is 1. The molecule has 0 aromatic carbocycles. The monoisotopic (exact) mass is 258 g/mol. The molecule has 0 saturated heterocycles. The van der Waals surface area contributed by atoms with Crippen molar-refractivity contribution >= 4 is 11.7 Å². The average Bonchev–Trinajstić information content (AvgIpc) is 2.89. The second kappa shape index (κ2) is 5.43. The van der Waals surface area contributed by atoms with Gasteiger partial charge in [-0.25, -0.2) is 0 Å². The van der Waals surface area contributed by atoms with E-state index < -0.39 is 0 Å². The van der Waals surface area contributed by atoms with Gasteiger partial charge in [-0.3, -0.25) is 19.7 Å². The molecule has 0 aliphatic rings. The topological polar surface area (TPSA) is 87.7 Å². The van der Waals surface area contributed by atoms with Crippen molar-refractivity contribution in [2.24, 2.45) is 0 Å². The van der Waals surface area contributed by atoms with Crippen molar-refractivity contribution in [1.82, 2.24) is 20.5 Å². The van der Waals surface area contributed by atoms with Crippen molar-refractivity contribution in [1.29, 1.82) is 0 Å². The number of carbonyl (C=O) groups excluding carboxylic acids is 2. The maximum Gasteiger partial charge on any atom is 0.269 e. The molecule has 0 aliphatic carbocycles. The minimum atomic E-state index is -0.243. The number of Topliss-reactive ketones (excluding diaryl/α,β-unsaturated/α-hetero) is 1. The van der Waals surface area contributed by atoms with Crippen molar-refractivity contribution in [2.45, 2.75) is 20.4 Å². The van der Waals surface area contributed by atoms with E-state index in [0.29, 0.717) is 29.2 Å². The summed E-state index contributed by atoms with van der Waals surface area (Å²) < 4.78 is 0. The highest BCUT2D eigenvalue weighted by atomic mass is 16.2. The molecule has 2 rings (SSSR count). The number of nitrogens with zero attached hydrogens (tertiary/aromatic N) is 2. The predicted molar refractivity (Wildman–Crippen MR) is 68.7 cm³/mol. The Labute approximate surface area is 110 Å². The van der Waals surface area contributed by atoms with E-state index in [1.807, 2.05) is 0 Å². The van der Waals surface area contributed by atoms with Crippen LogP contribution in [0, 0.1) is 6.92 Å². The maximum absolute atomic E-state index is 11.7. The standard InChI is InChI=1S/C13H14N4O2/c1-8-11(9(2)18)4-3-10(16-8)7-14-13(19)12-5-6-15-17-12/h3-6H,7H2,1-2H3,(H,14,19)(H,15,17). The van der Waals surface area contributed by atoms with Crippen LogP contribution in [0.15, 0.2) is 24.4 Å². The first kappa shape index (κ1) is 12.9. The Morgan fingerprint density at radius 1 is 1.32 bits per heavy atom. The van der Waals surface area contributed by atoms with Gasteiger partial charge in [-0.2, -0.15) is 5.10 Å². The van der Waals surface area contributed by atoms with Crippen LogP contribution in [-0.4, -0.2) is 26.9 Å². The third-order valence-corrected chi connectivity index (χ3v) is 2.70. The van der Waals surface area contributed by atoms with Gasteiger partial charge in [-0.15, -0.1) is 0 Å². The molecule has 2 N–H and O–H groups in total. The SMILES string of the molecule is CC(=O)c1ccc(CNC(=O)c2ccn[nH]2)nc1C. The minimum Gasteiger partial charge on any atom is -0.345 e. The lowest BCUT2D eigenvalue weighted by Gasteiger charge is -2.06. The van der Waals surface area contributed by atoms with Gasteiger partial charge in [-0.1, -0.05) is 0 Å². The molecule has 98 valence electrons. The van der Waals surface area contributed by atoms with Crippen molar-refractivity contribution < 1.29 is 9.59 Å². The number of amides is 1. The molecule has 0 unspecified atom stereocenters. The molecule has 0 aliphatic heterocycles. The fourth-order valence-electron chi connectivity index (χ4n) is 1.73. The Morgan fingerprint density at radius 3 is 2.68 bits per heavy atom. The molecule has 0 fully saturated rings. The number of aromatic amines is 1. The van der Waals surface area contributed by atoms with E-state index in [1.165, 1.54) is 13.1 Å². The number of H-pyrrole nitrogens is 1. The summed E-state index contributed by atoms with van der Waals surface area (Å²) in [7, 11) is 0. The first-order valence-corrected chi connectivity index (χ1v) is 5.83. The van der Waals surface area contributed by atoms with Gasteiger partial charge in [-0.05, 0) is 32.0 Å². The molecule has 1 amide bonds. The fraction of sp³-hybridized carbons (Fsp3) is 0.231. The van der Waals surface area contributed by atoms with Crippen LogP contribution in [0.3, 0.4) is 0 Å². The Bertz CT molecular complexity index is 605. The zero-order valence-electron chi connectivity index (χ0n) is 10.7. The Morgan fingerprint density at radius 2 is 2.11 bits per heavy atom. The van der Waals surface area contributed by atoms with Gasteiger partial charge < -0.3 is 5.32 Å². The summed E-state index contributed by atoms with van der Waals surface area (Å²) >= 11 is 0. The third kappa shape index (κ3) is 3.04. The minimum absolute atomic E-state index is 0.0157. The summed E-state index contributed by atoms with van der Waals surface area (Å²) in [5.74, 6) is -0.259. The van der Waals surface area contributed by atoms with Crippen LogP contribution >= 0.6 is 0 Å². The number of pyridine rings is 1. The zero-order chi connectivity index (χ0) is 13.8. The van der Waals surface area contributed by atoms with Gasteiger partial charge in [0.2, 0.25) is 0 Å². The molecule has 2 aromatic rings. The maximum atomic E-state index is 11.7. The summed E-state index contributed by atoms with van der Waals surface area (Å²) in [6.07, 6.45) is 1.51. The number of rotatable bonds is 4. The van der Waals surface area contributed by atoms with Crippen molar-refractivity contribution in [3.05, 3.63) is 47.0 Å². The number of nitrogens with one attached hydrogen (secondary N) is 2. The first-order chi connectivity index (χ1) is 9.08. The second-order valence-electron chi connectivity index (χ2n) is 4.14. The molecule has 0 atom stereocenters. The van der Waals surface area contributed by atoms with Crippen LogP contribution in [0.1, 0.15) is 39.2 Å². The molecule has 2 aromatic heterocycles. The summed E-state index contributed by atoms with van der Waals surface area (Å²) in [5, 5.41) is 9.01. The van der Waals surface area contributed by atoms with Crippen LogP contribution in [0.2, 0.25) is 0 Å². The van der Waals surface area contributed by atoms with Crippen LogP contribution < -0.4 is 5.32 Å². The van der Waals surface area contributed by atoms with Gasteiger partial charge in [0.15, 0.2) is 5.78 Å². The van der Waals surface area contributed by atoms with E-state index in [4.69, 9.17) is 0 Å². The van der Waals surface area contributed by atoms with Gasteiger partial charge in [0, 0.05) is 17.5 Å². The number of hydrogen-bond donors (Lipinski definition) is 2. The van der Waals surface area contributed by atoms with Gasteiger partial charge in [0.25, 0.3) is 5.91 Å². The van der Waals surface area contributed by atoms with Crippen LogP contribution in [0.4, 0.5) is 0 Å². The molecule has 6 heteroatoms. The smallest absolute Gasteiger partial charge is 0.269 e. The Kier molecular flexibility index (Phi) is 3.70. The number of hydrogen-bond acceptors (Lipinski definition) is 4. The summed E-state index contributed by atoms with van der Waals surface area (Å²) in [4.78, 5) is 27.2. The molecule has 19 heavy (non-hydrogen) atoms. The highest BCUT2D eigenvalue weighted by molar-refractivity contribution is 5.95. The molecule has 0 radical (unpaired) electrons. The van der Waals surface area contributed by atoms with Gasteiger partial charge in [0.05, 0.1) is 12.2 Å². The lowest BCUT2D eigenvalue weighted by Crippen LogP contribution is -2.23. The Hall–Kier alpha value is -2.50. The van der Waals surface area contributed by atoms with E-state index in [2.05, 4.69) is 20.5 Å². The molecule has 0 spiro atoms. The first-order valence-electron chi connectivity index (χ1n) is 5.83. The highest BCUT2D eigenvalue weighted by Crippen LogP contribution is 2.07. The average molecular weight is 258 g/mol. The van der Waals surface area contributed by atoms with E-state index in [9.17, 15) is 9.59 Å². The van der Waals surface area contributed by atoms with Crippen molar-refractivity contribution in [2.75, 3.05) is 0 Å². The lowest BCUT2D eigenvalue weighted by molar-refractivity contribution is 0.0944. The molecular weight excluding hydrogens is 244 g/mol. The largest absolute Gasteiger partial charge is 0.345 e. The lowest BCUT2D eigenvalue weighted by atomic mass is 10.1. The summed E-state index contributed by atoms with van der Waals surface area (Å²) in [5.41, 5.74) is 2.37. The van der Waals surface area contributed by atoms with Gasteiger partial charge in [0.1, 0.15) is 5.69 Å². The predicted octanol–water partition coefficient (Wildman–Crippen LogP) is 1.25. The molecular formula is C13H14N4O2. The second-order valence-corrected chi connectivity index (χ2v) is 4.14. The molecule has 6 nitrogen and oxygen atoms in total. The van der Waals surface area contributed by atoms with Crippen molar-refractivity contribution in [3.63, 3.8) is 0 Å². The normalized spacial score (nSPS) is 10.2. The molecule has 0 saturated carbocycles. The zero-order valence-corrected chi connectivity index (χ0v) is 10.7. The number of aryl methyl sites for hydroxylation is 1. The van der Waals surface area contributed by atoms with E-state index >= 15 is 0 Å². The fourth-order valence-corrected chi connectivity index (χ4v) is 1.73. The number of carbonyl (C=O) groups is 2. The highest BCUT2D eigenvalue weighted by Gasteiger charge is 2.09. The molecule has 0 bridgehead atoms.